The maximum atomic E-state index is 11.8. The van der Waals surface area contributed by atoms with Gasteiger partial charge in [-0.25, -0.2) is 0 Å². The minimum Gasteiger partial charge on any atom is -0.492 e. The third-order valence-corrected chi connectivity index (χ3v) is 4.07. The zero-order valence-electron chi connectivity index (χ0n) is 16.0. The summed E-state index contributed by atoms with van der Waals surface area (Å²) in [5.74, 6) is 1.85. The Kier molecular flexibility index (Phi) is 8.00. The summed E-state index contributed by atoms with van der Waals surface area (Å²) in [4.78, 5) is 11.8. The fraction of sp³-hybridized carbons (Fsp3) is 0.409. The molecule has 0 aliphatic heterocycles. The molecule has 0 aliphatic rings. The van der Waals surface area contributed by atoms with Crippen LogP contribution in [0.2, 0.25) is 0 Å². The van der Waals surface area contributed by atoms with E-state index < -0.39 is 0 Å². The van der Waals surface area contributed by atoms with Crippen molar-refractivity contribution in [3.63, 3.8) is 0 Å². The fourth-order valence-electron chi connectivity index (χ4n) is 2.55. The van der Waals surface area contributed by atoms with Crippen molar-refractivity contribution in [1.82, 2.24) is 5.32 Å². The van der Waals surface area contributed by atoms with Crippen LogP contribution < -0.4 is 14.8 Å². The third kappa shape index (κ3) is 6.79. The molecule has 0 saturated carbocycles. The van der Waals surface area contributed by atoms with Crippen LogP contribution in [0.15, 0.2) is 48.5 Å². The average molecular weight is 355 g/mol. The second-order valence-electron chi connectivity index (χ2n) is 6.60. The molecular formula is C22H29NO3. The van der Waals surface area contributed by atoms with Crippen LogP contribution in [0.1, 0.15) is 44.2 Å². The molecule has 4 nitrogen and oxygen atoms in total. The van der Waals surface area contributed by atoms with Gasteiger partial charge in [-0.1, -0.05) is 51.5 Å². The summed E-state index contributed by atoms with van der Waals surface area (Å²) in [5.41, 5.74) is 2.56. The first-order valence-corrected chi connectivity index (χ1v) is 9.29. The van der Waals surface area contributed by atoms with Crippen LogP contribution in [0.25, 0.3) is 0 Å². The summed E-state index contributed by atoms with van der Waals surface area (Å²) in [6, 6.07) is 15.9. The highest BCUT2D eigenvalue weighted by Crippen LogP contribution is 2.18. The molecular weight excluding hydrogens is 326 g/mol. The fourth-order valence-corrected chi connectivity index (χ4v) is 2.55. The topological polar surface area (TPSA) is 47.6 Å². The van der Waals surface area contributed by atoms with Gasteiger partial charge in [0.15, 0.2) is 6.61 Å². The molecule has 0 bridgehead atoms. The Morgan fingerprint density at radius 3 is 2.19 bits per heavy atom. The summed E-state index contributed by atoms with van der Waals surface area (Å²) in [6.07, 6.45) is 2.21. The highest BCUT2D eigenvalue weighted by Gasteiger charge is 2.04. The van der Waals surface area contributed by atoms with Crippen molar-refractivity contribution in [2.24, 2.45) is 0 Å². The molecule has 1 N–H and O–H groups in total. The molecule has 2 aromatic carbocycles. The van der Waals surface area contributed by atoms with E-state index >= 15 is 0 Å². The maximum absolute atomic E-state index is 11.8. The van der Waals surface area contributed by atoms with Crippen molar-refractivity contribution >= 4 is 5.91 Å². The molecule has 4 heteroatoms. The quantitative estimate of drug-likeness (QED) is 0.645. The molecule has 140 valence electrons. The Balaban J connectivity index is 1.62. The zero-order chi connectivity index (χ0) is 18.8. The number of hydrogen-bond acceptors (Lipinski definition) is 3. The van der Waals surface area contributed by atoms with Gasteiger partial charge in [0.05, 0.1) is 6.54 Å². The predicted octanol–water partition coefficient (Wildman–Crippen LogP) is 4.34. The van der Waals surface area contributed by atoms with Gasteiger partial charge in [-0.05, 0) is 47.7 Å². The molecule has 0 aromatic heterocycles. The van der Waals surface area contributed by atoms with Crippen molar-refractivity contribution in [1.29, 1.82) is 0 Å². The second-order valence-corrected chi connectivity index (χ2v) is 6.60. The predicted molar refractivity (Wildman–Crippen MR) is 105 cm³/mol. The van der Waals surface area contributed by atoms with E-state index in [1.54, 1.807) is 0 Å². The normalized spacial score (nSPS) is 10.6. The van der Waals surface area contributed by atoms with Gasteiger partial charge in [0.25, 0.3) is 5.91 Å². The SMILES string of the molecule is CCCc1ccc(OCCNC(=O)COc2ccc(C(C)C)cc2)cc1. The average Bonchev–Trinajstić information content (AvgIpc) is 2.65. The van der Waals surface area contributed by atoms with Gasteiger partial charge in [0, 0.05) is 0 Å². The number of rotatable bonds is 10. The Labute approximate surface area is 156 Å². The van der Waals surface area contributed by atoms with Gasteiger partial charge in [-0.3, -0.25) is 4.79 Å². The minimum atomic E-state index is -0.153. The zero-order valence-corrected chi connectivity index (χ0v) is 16.0. The lowest BCUT2D eigenvalue weighted by Gasteiger charge is -2.10. The van der Waals surface area contributed by atoms with E-state index in [9.17, 15) is 4.79 Å². The van der Waals surface area contributed by atoms with Gasteiger partial charge >= 0.3 is 0 Å². The Hall–Kier alpha value is -2.49. The van der Waals surface area contributed by atoms with Gasteiger partial charge < -0.3 is 14.8 Å². The molecule has 0 heterocycles. The Morgan fingerprint density at radius 2 is 1.58 bits per heavy atom. The molecule has 0 unspecified atom stereocenters. The number of hydrogen-bond donors (Lipinski definition) is 1. The minimum absolute atomic E-state index is 0.00669. The summed E-state index contributed by atoms with van der Waals surface area (Å²) >= 11 is 0. The number of amides is 1. The molecule has 26 heavy (non-hydrogen) atoms. The van der Waals surface area contributed by atoms with Crippen LogP contribution in [0, 0.1) is 0 Å². The van der Waals surface area contributed by atoms with Crippen LogP contribution in [0.4, 0.5) is 0 Å². The molecule has 0 saturated heterocycles. The first kappa shape index (κ1) is 19.8. The summed E-state index contributed by atoms with van der Waals surface area (Å²) in [7, 11) is 0. The monoisotopic (exact) mass is 355 g/mol. The summed E-state index contributed by atoms with van der Waals surface area (Å²) < 4.78 is 11.1. The van der Waals surface area contributed by atoms with E-state index in [2.05, 4.69) is 38.2 Å². The summed E-state index contributed by atoms with van der Waals surface area (Å²) in [6.45, 7) is 7.34. The van der Waals surface area contributed by atoms with Crippen molar-refractivity contribution in [2.75, 3.05) is 19.8 Å². The lowest BCUT2D eigenvalue weighted by Crippen LogP contribution is -2.32. The lowest BCUT2D eigenvalue weighted by atomic mass is 10.0. The Morgan fingerprint density at radius 1 is 0.962 bits per heavy atom. The highest BCUT2D eigenvalue weighted by atomic mass is 16.5. The van der Waals surface area contributed by atoms with Crippen LogP contribution >= 0.6 is 0 Å². The summed E-state index contributed by atoms with van der Waals surface area (Å²) in [5, 5.41) is 2.80. The van der Waals surface area contributed by atoms with Crippen molar-refractivity contribution in [2.45, 2.75) is 39.5 Å². The van der Waals surface area contributed by atoms with Crippen LogP contribution in [0.3, 0.4) is 0 Å². The van der Waals surface area contributed by atoms with Crippen LogP contribution in [-0.4, -0.2) is 25.7 Å². The van der Waals surface area contributed by atoms with Crippen molar-refractivity contribution in [3.8, 4) is 11.5 Å². The lowest BCUT2D eigenvalue weighted by molar-refractivity contribution is -0.123. The number of ether oxygens (including phenoxy) is 2. The first-order chi connectivity index (χ1) is 12.6. The van der Waals surface area contributed by atoms with E-state index in [0.29, 0.717) is 24.8 Å². The molecule has 2 rings (SSSR count). The first-order valence-electron chi connectivity index (χ1n) is 9.29. The van der Waals surface area contributed by atoms with E-state index in [4.69, 9.17) is 9.47 Å². The molecule has 0 aliphatic carbocycles. The number of benzene rings is 2. The number of carbonyl (C=O) groups excluding carboxylic acids is 1. The second kappa shape index (κ2) is 10.5. The largest absolute Gasteiger partial charge is 0.492 e. The van der Waals surface area contributed by atoms with Gasteiger partial charge in [0.2, 0.25) is 0 Å². The number of nitrogens with one attached hydrogen (secondary N) is 1. The maximum Gasteiger partial charge on any atom is 0.258 e. The van der Waals surface area contributed by atoms with Crippen molar-refractivity contribution in [3.05, 3.63) is 59.7 Å². The molecule has 0 fully saturated rings. The van der Waals surface area contributed by atoms with E-state index in [0.717, 1.165) is 18.6 Å². The van der Waals surface area contributed by atoms with Gasteiger partial charge in [-0.15, -0.1) is 0 Å². The van der Waals surface area contributed by atoms with Crippen LogP contribution in [0.5, 0.6) is 11.5 Å². The highest BCUT2D eigenvalue weighted by molar-refractivity contribution is 5.77. The smallest absolute Gasteiger partial charge is 0.258 e. The molecule has 1 amide bonds. The van der Waals surface area contributed by atoms with E-state index in [1.165, 1.54) is 11.1 Å². The van der Waals surface area contributed by atoms with Crippen molar-refractivity contribution < 1.29 is 14.3 Å². The third-order valence-electron chi connectivity index (χ3n) is 4.07. The standard InChI is InChI=1S/C22H29NO3/c1-4-5-18-6-10-20(11-7-18)25-15-14-23-22(24)16-26-21-12-8-19(9-13-21)17(2)3/h6-13,17H,4-5,14-16H2,1-3H3,(H,23,24). The molecule has 0 radical (unpaired) electrons. The van der Waals surface area contributed by atoms with Gasteiger partial charge in [-0.2, -0.15) is 0 Å². The van der Waals surface area contributed by atoms with Gasteiger partial charge in [0.1, 0.15) is 18.1 Å². The number of aryl methyl sites for hydroxylation is 1. The van der Waals surface area contributed by atoms with E-state index in [-0.39, 0.29) is 12.5 Å². The van der Waals surface area contributed by atoms with Crippen LogP contribution in [-0.2, 0) is 11.2 Å². The molecule has 2 aromatic rings. The van der Waals surface area contributed by atoms with E-state index in [1.807, 2.05) is 36.4 Å². The molecule has 0 spiro atoms. The Bertz CT molecular complexity index is 663. The molecule has 0 atom stereocenters. The number of carbonyl (C=O) groups is 1.